The minimum atomic E-state index is -4.56. The third-order valence-corrected chi connectivity index (χ3v) is 6.39. The highest BCUT2D eigenvalue weighted by Crippen LogP contribution is 2.32. The molecule has 11 heteroatoms. The zero-order valence-corrected chi connectivity index (χ0v) is 22.1. The lowest BCUT2D eigenvalue weighted by molar-refractivity contribution is -0.137. The second kappa shape index (κ2) is 10.0. The van der Waals surface area contributed by atoms with Crippen LogP contribution in [0.3, 0.4) is 0 Å². The number of alkyl halides is 3. The van der Waals surface area contributed by atoms with E-state index in [1.807, 2.05) is 45.2 Å². The average Bonchev–Trinajstić information content (AvgIpc) is 2.80. The van der Waals surface area contributed by atoms with Crippen LogP contribution in [0, 0.1) is 7.14 Å². The predicted molar refractivity (Wildman–Crippen MR) is 143 cm³/mol. The van der Waals surface area contributed by atoms with Crippen molar-refractivity contribution in [1.29, 1.82) is 0 Å². The van der Waals surface area contributed by atoms with Crippen LogP contribution in [0.25, 0.3) is 22.3 Å². The van der Waals surface area contributed by atoms with Crippen molar-refractivity contribution < 1.29 is 22.7 Å². The molecule has 0 saturated carbocycles. The lowest BCUT2D eigenvalue weighted by atomic mass is 10.1. The monoisotopic (exact) mass is 703 g/mol. The Morgan fingerprint density at radius 3 is 2.40 bits per heavy atom. The van der Waals surface area contributed by atoms with Crippen molar-refractivity contribution in [3.63, 3.8) is 0 Å². The van der Waals surface area contributed by atoms with Gasteiger partial charge in [0.25, 0.3) is 5.56 Å². The van der Waals surface area contributed by atoms with Gasteiger partial charge in [-0.05, 0) is 87.1 Å². The maximum atomic E-state index is 13.3. The number of aromatic nitrogens is 2. The summed E-state index contributed by atoms with van der Waals surface area (Å²) < 4.78 is 47.5. The Morgan fingerprint density at radius 2 is 1.74 bits per heavy atom. The zero-order chi connectivity index (χ0) is 25.3. The molecule has 0 atom stereocenters. The van der Waals surface area contributed by atoms with Crippen molar-refractivity contribution >= 4 is 68.3 Å². The van der Waals surface area contributed by atoms with Crippen molar-refractivity contribution in [3.05, 3.63) is 89.3 Å². The number of benzene rings is 3. The highest BCUT2D eigenvalue weighted by Gasteiger charge is 2.31. The molecule has 0 saturated heterocycles. The van der Waals surface area contributed by atoms with Crippen molar-refractivity contribution in [3.8, 4) is 17.1 Å². The number of carbonyl (C=O) groups is 1. The van der Waals surface area contributed by atoms with Gasteiger partial charge >= 0.3 is 12.1 Å². The molecule has 0 N–H and O–H groups in total. The minimum absolute atomic E-state index is 0.0306. The third kappa shape index (κ3) is 5.55. The second-order valence-corrected chi connectivity index (χ2v) is 9.62. The van der Waals surface area contributed by atoms with Gasteiger partial charge in [0.1, 0.15) is 0 Å². The maximum absolute atomic E-state index is 13.3. The lowest BCUT2D eigenvalue weighted by Crippen LogP contribution is -2.20. The molecule has 0 fully saturated rings. The molecule has 0 radical (unpaired) electrons. The Kier molecular flexibility index (Phi) is 7.26. The lowest BCUT2D eigenvalue weighted by Gasteiger charge is -2.12. The van der Waals surface area contributed by atoms with E-state index in [1.54, 1.807) is 36.4 Å². The first kappa shape index (κ1) is 25.3. The molecule has 0 bridgehead atoms. The number of para-hydroxylation sites is 1. The first-order chi connectivity index (χ1) is 16.5. The number of halogens is 5. The van der Waals surface area contributed by atoms with E-state index in [-0.39, 0.29) is 16.8 Å². The molecule has 0 spiro atoms. The van der Waals surface area contributed by atoms with Crippen LogP contribution < -0.4 is 10.3 Å². The molecule has 1 heterocycles. The number of nitrogens with zero attached hydrogens (tertiary/aromatic N) is 3. The first-order valence-corrected chi connectivity index (χ1v) is 12.1. The van der Waals surface area contributed by atoms with E-state index >= 15 is 0 Å². The second-order valence-electron chi connectivity index (χ2n) is 7.30. The molecule has 3 aromatic carbocycles. The van der Waals surface area contributed by atoms with Crippen molar-refractivity contribution in [2.75, 3.05) is 0 Å². The molecule has 0 aliphatic rings. The molecule has 4 rings (SSSR count). The first-order valence-electron chi connectivity index (χ1n) is 9.96. The summed E-state index contributed by atoms with van der Waals surface area (Å²) in [6.45, 7) is 1.30. The summed E-state index contributed by atoms with van der Waals surface area (Å²) in [6, 6.07) is 14.5. The molecular formula is C24H14F3I2N3O3. The van der Waals surface area contributed by atoms with Crippen LogP contribution in [0.15, 0.2) is 70.6 Å². The number of carbonyl (C=O) groups excluding carboxylic acids is 1. The number of hydrogen-bond donors (Lipinski definition) is 0. The van der Waals surface area contributed by atoms with Crippen LogP contribution in [0.5, 0.6) is 5.75 Å². The fourth-order valence-corrected chi connectivity index (χ4v) is 5.31. The summed E-state index contributed by atoms with van der Waals surface area (Å²) in [7, 11) is 0. The maximum Gasteiger partial charge on any atom is 0.416 e. The third-order valence-electron chi connectivity index (χ3n) is 4.79. The van der Waals surface area contributed by atoms with Gasteiger partial charge in [0.05, 0.1) is 29.8 Å². The number of rotatable bonds is 4. The van der Waals surface area contributed by atoms with Gasteiger partial charge in [0.15, 0.2) is 11.6 Å². The van der Waals surface area contributed by atoms with E-state index < -0.39 is 23.3 Å². The molecule has 0 amide bonds. The van der Waals surface area contributed by atoms with E-state index in [0.717, 1.165) is 16.8 Å². The van der Waals surface area contributed by atoms with Crippen LogP contribution in [0.4, 0.5) is 13.2 Å². The van der Waals surface area contributed by atoms with E-state index in [0.29, 0.717) is 24.0 Å². The summed E-state index contributed by atoms with van der Waals surface area (Å²) >= 11 is 4.03. The SMILES string of the molecule is CC(=O)Oc1c(I)cc(C=Nn2c(-c3cccc(C(F)(F)F)c3)nc3ccccc3c2=O)cc1I. The van der Waals surface area contributed by atoms with Gasteiger partial charge in [-0.1, -0.05) is 24.3 Å². The highest BCUT2D eigenvalue weighted by atomic mass is 127. The summed E-state index contributed by atoms with van der Waals surface area (Å²) in [6.07, 6.45) is -3.16. The molecule has 35 heavy (non-hydrogen) atoms. The van der Waals surface area contributed by atoms with Crippen LogP contribution >= 0.6 is 45.2 Å². The average molecular weight is 703 g/mol. The molecule has 6 nitrogen and oxygen atoms in total. The topological polar surface area (TPSA) is 73.5 Å². The van der Waals surface area contributed by atoms with Crippen molar-refractivity contribution in [2.45, 2.75) is 13.1 Å². The Morgan fingerprint density at radius 1 is 1.06 bits per heavy atom. The van der Waals surface area contributed by atoms with Gasteiger partial charge in [-0.15, -0.1) is 0 Å². The Balaban J connectivity index is 1.88. The van der Waals surface area contributed by atoms with Crippen molar-refractivity contribution in [2.24, 2.45) is 5.10 Å². The zero-order valence-electron chi connectivity index (χ0n) is 17.8. The molecule has 178 valence electrons. The van der Waals surface area contributed by atoms with E-state index in [9.17, 15) is 22.8 Å². The van der Waals surface area contributed by atoms with Crippen LogP contribution in [-0.4, -0.2) is 21.8 Å². The number of ether oxygens (including phenoxy) is 1. The molecule has 0 aliphatic carbocycles. The van der Waals surface area contributed by atoms with Crippen LogP contribution in [0.2, 0.25) is 0 Å². The van der Waals surface area contributed by atoms with E-state index in [2.05, 4.69) is 10.1 Å². The van der Waals surface area contributed by atoms with E-state index in [4.69, 9.17) is 4.74 Å². The summed E-state index contributed by atoms with van der Waals surface area (Å²) in [5, 5.41) is 4.56. The normalized spacial score (nSPS) is 11.8. The quantitative estimate of drug-likeness (QED) is 0.112. The largest absolute Gasteiger partial charge is 0.424 e. The van der Waals surface area contributed by atoms with Gasteiger partial charge in [0, 0.05) is 12.5 Å². The van der Waals surface area contributed by atoms with Gasteiger partial charge in [-0.3, -0.25) is 9.59 Å². The number of fused-ring (bicyclic) bond motifs is 1. The highest BCUT2D eigenvalue weighted by molar-refractivity contribution is 14.1. The molecule has 4 aromatic rings. The Hall–Kier alpha value is -2.81. The molecule has 0 unspecified atom stereocenters. The van der Waals surface area contributed by atoms with Crippen LogP contribution in [0.1, 0.15) is 18.1 Å². The fraction of sp³-hybridized carbons (Fsp3) is 0.0833. The standard InChI is InChI=1S/C24H14F3I2N3O3/c1-13(33)35-21-18(28)9-14(10-19(21)29)12-30-32-22(15-5-4-6-16(11-15)24(25,26)27)31-20-8-3-2-7-17(20)23(32)34/h2-12H,1H3. The minimum Gasteiger partial charge on any atom is -0.424 e. The Labute approximate surface area is 224 Å². The number of hydrogen-bond acceptors (Lipinski definition) is 5. The molecular weight excluding hydrogens is 689 g/mol. The van der Waals surface area contributed by atoms with Gasteiger partial charge in [-0.2, -0.15) is 22.9 Å². The molecule has 1 aromatic heterocycles. The fourth-order valence-electron chi connectivity index (χ4n) is 3.27. The van der Waals surface area contributed by atoms with Gasteiger partial charge in [-0.25, -0.2) is 4.98 Å². The molecule has 0 aliphatic heterocycles. The van der Waals surface area contributed by atoms with Crippen molar-refractivity contribution in [1.82, 2.24) is 9.66 Å². The van der Waals surface area contributed by atoms with Gasteiger partial charge in [0.2, 0.25) is 0 Å². The van der Waals surface area contributed by atoms with Crippen LogP contribution in [-0.2, 0) is 11.0 Å². The smallest absolute Gasteiger partial charge is 0.416 e. The predicted octanol–water partition coefficient (Wildman–Crippen LogP) is 6.10. The summed E-state index contributed by atoms with van der Waals surface area (Å²) in [4.78, 5) is 29.1. The summed E-state index contributed by atoms with van der Waals surface area (Å²) in [5.74, 6) is -0.0798. The van der Waals surface area contributed by atoms with Gasteiger partial charge < -0.3 is 4.74 Å². The Bertz CT molecular complexity index is 1530. The van der Waals surface area contributed by atoms with E-state index in [1.165, 1.54) is 25.3 Å². The summed E-state index contributed by atoms with van der Waals surface area (Å²) in [5.41, 5.74) is -0.372. The number of esters is 1.